The second-order valence-corrected chi connectivity index (χ2v) is 3.70. The Hall–Kier alpha value is -0.850. The number of benzene rings is 1. The second kappa shape index (κ2) is 4.99. The van der Waals surface area contributed by atoms with E-state index < -0.39 is 24.8 Å². The molecule has 1 nitrogen and oxygen atoms in total. The fraction of sp³-hybridized carbons (Fsp3) is 0.333. The van der Waals surface area contributed by atoms with Gasteiger partial charge in [-0.05, 0) is 18.2 Å². The third kappa shape index (κ3) is 3.62. The molecule has 0 amide bonds. The summed E-state index contributed by atoms with van der Waals surface area (Å²) < 4.78 is 64.8. The maximum absolute atomic E-state index is 12.3. The molecule has 0 saturated carbocycles. The molecule has 0 aliphatic rings. The Balaban J connectivity index is 2.83. The first-order valence-electron chi connectivity index (χ1n) is 4.08. The van der Waals surface area contributed by atoms with Crippen LogP contribution in [0.4, 0.5) is 22.0 Å². The van der Waals surface area contributed by atoms with Gasteiger partial charge in [-0.1, -0.05) is 15.9 Å². The van der Waals surface area contributed by atoms with Crippen LogP contribution in [0.15, 0.2) is 22.7 Å². The van der Waals surface area contributed by atoms with E-state index in [4.69, 9.17) is 0 Å². The van der Waals surface area contributed by atoms with Crippen molar-refractivity contribution in [1.29, 1.82) is 0 Å². The third-order valence-corrected chi connectivity index (χ3v) is 2.28. The topological polar surface area (TPSA) is 9.23 Å². The molecule has 0 aliphatic carbocycles. The van der Waals surface area contributed by atoms with E-state index in [1.54, 1.807) is 0 Å². The third-order valence-electron chi connectivity index (χ3n) is 1.62. The summed E-state index contributed by atoms with van der Waals surface area (Å²) in [5.41, 5.74) is -0.878. The number of alkyl halides is 5. The van der Waals surface area contributed by atoms with Gasteiger partial charge in [-0.3, -0.25) is 0 Å². The van der Waals surface area contributed by atoms with Gasteiger partial charge in [-0.15, -0.1) is 0 Å². The van der Waals surface area contributed by atoms with Crippen LogP contribution < -0.4 is 4.74 Å². The smallest absolute Gasteiger partial charge is 0.417 e. The molecule has 0 radical (unpaired) electrons. The summed E-state index contributed by atoms with van der Waals surface area (Å²) in [6.45, 7) is -0.849. The fourth-order valence-corrected chi connectivity index (χ4v) is 1.56. The Morgan fingerprint density at radius 1 is 1.25 bits per heavy atom. The molecule has 1 rings (SSSR count). The van der Waals surface area contributed by atoms with Crippen molar-refractivity contribution in [2.24, 2.45) is 0 Å². The van der Waals surface area contributed by atoms with Crippen LogP contribution in [0.25, 0.3) is 0 Å². The van der Waals surface area contributed by atoms with E-state index in [2.05, 4.69) is 20.7 Å². The van der Waals surface area contributed by atoms with Gasteiger partial charge in [0.05, 0.1) is 5.56 Å². The van der Waals surface area contributed by atoms with E-state index >= 15 is 0 Å². The average Bonchev–Trinajstić information content (AvgIpc) is 2.12. The SMILES string of the molecule is FC(F)COc1ccc(C(F)(F)F)c(Br)c1. The second-order valence-electron chi connectivity index (χ2n) is 2.84. The molecule has 0 N–H and O–H groups in total. The monoisotopic (exact) mass is 304 g/mol. The average molecular weight is 305 g/mol. The van der Waals surface area contributed by atoms with E-state index in [0.717, 1.165) is 18.2 Å². The van der Waals surface area contributed by atoms with Gasteiger partial charge in [-0.25, -0.2) is 8.78 Å². The first-order chi connectivity index (χ1) is 7.30. The van der Waals surface area contributed by atoms with Crippen molar-refractivity contribution in [3.05, 3.63) is 28.2 Å². The van der Waals surface area contributed by atoms with Crippen molar-refractivity contribution in [2.45, 2.75) is 12.6 Å². The number of hydrogen-bond acceptors (Lipinski definition) is 1. The Kier molecular flexibility index (Phi) is 4.12. The van der Waals surface area contributed by atoms with Crippen LogP contribution in [-0.4, -0.2) is 13.0 Å². The van der Waals surface area contributed by atoms with Crippen molar-refractivity contribution >= 4 is 15.9 Å². The molecule has 90 valence electrons. The molecule has 0 bridgehead atoms. The molecule has 1 aromatic carbocycles. The molecule has 7 heteroatoms. The van der Waals surface area contributed by atoms with Crippen LogP contribution in [-0.2, 0) is 6.18 Å². The summed E-state index contributed by atoms with van der Waals surface area (Å²) in [4.78, 5) is 0. The first kappa shape index (κ1) is 13.2. The van der Waals surface area contributed by atoms with Gasteiger partial charge in [0.25, 0.3) is 6.43 Å². The zero-order valence-electron chi connectivity index (χ0n) is 7.69. The maximum Gasteiger partial charge on any atom is 0.417 e. The lowest BCUT2D eigenvalue weighted by Gasteiger charge is -2.11. The highest BCUT2D eigenvalue weighted by atomic mass is 79.9. The minimum absolute atomic E-state index is 0.0415. The lowest BCUT2D eigenvalue weighted by Crippen LogP contribution is -2.09. The van der Waals surface area contributed by atoms with Crippen LogP contribution >= 0.6 is 15.9 Å². The van der Waals surface area contributed by atoms with Gasteiger partial charge in [0.1, 0.15) is 12.4 Å². The van der Waals surface area contributed by atoms with E-state index in [1.165, 1.54) is 0 Å². The molecule has 0 unspecified atom stereocenters. The largest absolute Gasteiger partial charge is 0.488 e. The van der Waals surface area contributed by atoms with Crippen molar-refractivity contribution in [3.63, 3.8) is 0 Å². The molecule has 0 spiro atoms. The lowest BCUT2D eigenvalue weighted by atomic mass is 10.2. The molecule has 0 aromatic heterocycles. The highest BCUT2D eigenvalue weighted by molar-refractivity contribution is 9.10. The summed E-state index contributed by atoms with van der Waals surface area (Å²) in [6.07, 6.45) is -7.15. The molecule has 0 saturated heterocycles. The minimum atomic E-state index is -4.49. The molecule has 0 aliphatic heterocycles. The van der Waals surface area contributed by atoms with Gasteiger partial charge in [0, 0.05) is 4.47 Å². The summed E-state index contributed by atoms with van der Waals surface area (Å²) in [6, 6.07) is 2.77. The first-order valence-corrected chi connectivity index (χ1v) is 4.87. The van der Waals surface area contributed by atoms with Crippen molar-refractivity contribution < 1.29 is 26.7 Å². The Morgan fingerprint density at radius 2 is 1.88 bits per heavy atom. The molecule has 0 atom stereocenters. The van der Waals surface area contributed by atoms with Gasteiger partial charge in [-0.2, -0.15) is 13.2 Å². The summed E-state index contributed by atoms with van der Waals surface area (Å²) in [5.74, 6) is -0.0415. The minimum Gasteiger partial charge on any atom is -0.488 e. The predicted molar refractivity (Wildman–Crippen MR) is 50.6 cm³/mol. The van der Waals surface area contributed by atoms with Gasteiger partial charge < -0.3 is 4.74 Å². The molecule has 0 fully saturated rings. The predicted octanol–water partition coefficient (Wildman–Crippen LogP) is 4.11. The number of ether oxygens (including phenoxy) is 1. The quantitative estimate of drug-likeness (QED) is 0.764. The van der Waals surface area contributed by atoms with Crippen LogP contribution in [0.2, 0.25) is 0 Å². The standard InChI is InChI=1S/C9H6BrF5O/c10-7-3-5(16-4-8(11)12)1-2-6(7)9(13,14)15/h1-3,8H,4H2. The van der Waals surface area contributed by atoms with E-state index in [9.17, 15) is 22.0 Å². The number of hydrogen-bond donors (Lipinski definition) is 0. The molecule has 0 heterocycles. The van der Waals surface area contributed by atoms with Crippen LogP contribution in [0.5, 0.6) is 5.75 Å². The Labute approximate surface area is 96.3 Å². The van der Waals surface area contributed by atoms with E-state index in [-0.39, 0.29) is 10.2 Å². The Bertz CT molecular complexity index is 363. The van der Waals surface area contributed by atoms with Gasteiger partial charge in [0.15, 0.2) is 0 Å². The molecular formula is C9H6BrF5O. The molecular weight excluding hydrogens is 299 g/mol. The molecule has 16 heavy (non-hydrogen) atoms. The van der Waals surface area contributed by atoms with E-state index in [1.807, 2.05) is 0 Å². The molecule has 1 aromatic rings. The van der Waals surface area contributed by atoms with Gasteiger partial charge >= 0.3 is 6.18 Å². The number of halogens is 6. The van der Waals surface area contributed by atoms with Crippen molar-refractivity contribution in [2.75, 3.05) is 6.61 Å². The summed E-state index contributed by atoms with van der Waals surface area (Å²) >= 11 is 2.70. The number of rotatable bonds is 3. The van der Waals surface area contributed by atoms with Gasteiger partial charge in [0.2, 0.25) is 0 Å². The van der Waals surface area contributed by atoms with Crippen LogP contribution in [0.3, 0.4) is 0 Å². The summed E-state index contributed by atoms with van der Waals surface area (Å²) in [5, 5.41) is 0. The zero-order valence-corrected chi connectivity index (χ0v) is 9.28. The van der Waals surface area contributed by atoms with E-state index in [0.29, 0.717) is 0 Å². The normalized spacial score (nSPS) is 11.9. The Morgan fingerprint density at radius 3 is 2.31 bits per heavy atom. The maximum atomic E-state index is 12.3. The zero-order chi connectivity index (χ0) is 12.3. The highest BCUT2D eigenvalue weighted by Gasteiger charge is 2.32. The van der Waals surface area contributed by atoms with Crippen molar-refractivity contribution in [1.82, 2.24) is 0 Å². The fourth-order valence-electron chi connectivity index (χ4n) is 0.975. The van der Waals surface area contributed by atoms with Crippen LogP contribution in [0, 0.1) is 0 Å². The van der Waals surface area contributed by atoms with Crippen LogP contribution in [0.1, 0.15) is 5.56 Å². The lowest BCUT2D eigenvalue weighted by molar-refractivity contribution is -0.138. The highest BCUT2D eigenvalue weighted by Crippen LogP contribution is 2.36. The van der Waals surface area contributed by atoms with Crippen molar-refractivity contribution in [3.8, 4) is 5.75 Å². The summed E-state index contributed by atoms with van der Waals surface area (Å²) in [7, 11) is 0.